The molecule has 2 N–H and O–H groups in total. The van der Waals surface area contributed by atoms with Crippen LogP contribution in [0.15, 0.2) is 84.7 Å². The van der Waals surface area contributed by atoms with Crippen molar-refractivity contribution in [3.63, 3.8) is 0 Å². The number of fused-ring (bicyclic) bond motifs is 1. The molecule has 0 bridgehead atoms. The van der Waals surface area contributed by atoms with Crippen molar-refractivity contribution in [3.05, 3.63) is 95.8 Å². The lowest BCUT2D eigenvalue weighted by Crippen LogP contribution is -2.42. The number of phenols is 1. The van der Waals surface area contributed by atoms with E-state index in [1.54, 1.807) is 35.2 Å². The van der Waals surface area contributed by atoms with Gasteiger partial charge in [0.05, 0.1) is 6.54 Å². The molecule has 2 aromatic carbocycles. The van der Waals surface area contributed by atoms with Crippen LogP contribution < -0.4 is 4.90 Å². The summed E-state index contributed by atoms with van der Waals surface area (Å²) in [6, 6.07) is 14.1. The van der Waals surface area contributed by atoms with Crippen molar-refractivity contribution in [1.29, 1.82) is 0 Å². The van der Waals surface area contributed by atoms with Crippen LogP contribution in [-0.4, -0.2) is 22.7 Å². The molecule has 1 aliphatic rings. The highest BCUT2D eigenvalue weighted by Crippen LogP contribution is 2.51. The first-order valence-corrected chi connectivity index (χ1v) is 8.84. The predicted octanol–water partition coefficient (Wildman–Crippen LogP) is 4.23. The second-order valence-electron chi connectivity index (χ2n) is 6.48. The van der Waals surface area contributed by atoms with Crippen molar-refractivity contribution in [2.24, 2.45) is 0 Å². The maximum absolute atomic E-state index is 13.8. The zero-order valence-corrected chi connectivity index (χ0v) is 15.6. The van der Waals surface area contributed by atoms with Crippen LogP contribution in [0.4, 0.5) is 5.69 Å². The summed E-state index contributed by atoms with van der Waals surface area (Å²) >= 11 is 0. The molecule has 1 unspecified atom stereocenters. The van der Waals surface area contributed by atoms with Gasteiger partial charge in [-0.2, -0.15) is 0 Å². The summed E-state index contributed by atoms with van der Waals surface area (Å²) in [5.41, 5.74) is 1.76. The van der Waals surface area contributed by atoms with Gasteiger partial charge in [0.25, 0.3) is 0 Å². The normalized spacial score (nSPS) is 18.9. The lowest BCUT2D eigenvalue weighted by atomic mass is 9.69. The summed E-state index contributed by atoms with van der Waals surface area (Å²) in [4.78, 5) is 15.4. The van der Waals surface area contributed by atoms with Crippen molar-refractivity contribution in [2.75, 3.05) is 11.4 Å². The van der Waals surface area contributed by atoms with Crippen LogP contribution in [0.3, 0.4) is 0 Å². The fourth-order valence-electron chi connectivity index (χ4n) is 3.76. The minimum Gasteiger partial charge on any atom is -0.509 e. The molecule has 0 aliphatic carbocycles. The molecule has 0 fully saturated rings. The highest BCUT2D eigenvalue weighted by atomic mass is 16.3. The zero-order chi connectivity index (χ0) is 20.3. The van der Waals surface area contributed by atoms with E-state index < -0.39 is 5.41 Å². The Balaban J connectivity index is 2.37. The van der Waals surface area contributed by atoms with Crippen LogP contribution in [0.5, 0.6) is 5.75 Å². The van der Waals surface area contributed by atoms with Gasteiger partial charge in [-0.05, 0) is 42.3 Å². The molecule has 0 aromatic heterocycles. The Morgan fingerprint density at radius 2 is 1.89 bits per heavy atom. The number of benzene rings is 2. The third kappa shape index (κ3) is 2.87. The van der Waals surface area contributed by atoms with Crippen LogP contribution >= 0.6 is 0 Å². The van der Waals surface area contributed by atoms with Crippen LogP contribution in [-0.2, 0) is 10.2 Å². The third-order valence-electron chi connectivity index (χ3n) is 4.91. The van der Waals surface area contributed by atoms with E-state index in [2.05, 4.69) is 12.5 Å². The van der Waals surface area contributed by atoms with Crippen LogP contribution in [0.1, 0.15) is 18.1 Å². The Morgan fingerprint density at radius 1 is 1.21 bits per heavy atom. The Kier molecular flexibility index (Phi) is 5.10. The minimum atomic E-state index is -1.15. The Hall–Kier alpha value is -3.71. The number of terminal acetylenes is 1. The summed E-state index contributed by atoms with van der Waals surface area (Å²) in [7, 11) is 0. The van der Waals surface area contributed by atoms with Gasteiger partial charge in [-0.15, -0.1) is 6.42 Å². The fraction of sp³-hybridized carbons (Fsp3) is 0.125. The molecule has 0 saturated carbocycles. The van der Waals surface area contributed by atoms with Gasteiger partial charge in [-0.1, -0.05) is 55.0 Å². The number of para-hydroxylation sites is 1. The highest BCUT2D eigenvalue weighted by Gasteiger charge is 2.53. The van der Waals surface area contributed by atoms with Gasteiger partial charge in [0, 0.05) is 11.3 Å². The van der Waals surface area contributed by atoms with E-state index in [1.165, 1.54) is 6.08 Å². The quantitative estimate of drug-likeness (QED) is 0.470. The van der Waals surface area contributed by atoms with Crippen LogP contribution in [0, 0.1) is 12.3 Å². The second kappa shape index (κ2) is 7.50. The van der Waals surface area contributed by atoms with Gasteiger partial charge in [-0.3, -0.25) is 9.69 Å². The number of rotatable bonds is 5. The monoisotopic (exact) mass is 371 g/mol. The smallest absolute Gasteiger partial charge is 0.247 e. The second-order valence-corrected chi connectivity index (χ2v) is 6.48. The number of phenolic OH excluding ortho intramolecular Hbond substituents is 1. The van der Waals surface area contributed by atoms with Crippen LogP contribution in [0.25, 0.3) is 0 Å². The van der Waals surface area contributed by atoms with Crippen LogP contribution in [0.2, 0.25) is 0 Å². The average molecular weight is 371 g/mol. The predicted molar refractivity (Wildman–Crippen MR) is 111 cm³/mol. The van der Waals surface area contributed by atoms with E-state index >= 15 is 0 Å². The van der Waals surface area contributed by atoms with Crippen molar-refractivity contribution in [3.8, 4) is 18.1 Å². The Labute approximate surface area is 164 Å². The van der Waals surface area contributed by atoms with E-state index in [0.29, 0.717) is 11.1 Å². The molecule has 1 amide bonds. The first-order valence-electron chi connectivity index (χ1n) is 8.84. The van der Waals surface area contributed by atoms with Crippen molar-refractivity contribution in [1.82, 2.24) is 0 Å². The first kappa shape index (κ1) is 19.1. The SMILES string of the molecule is C#CCN1C(=O)C(C(/C=C\C(=C)O)=C/C)(c2ccc(O)cc2)c2ccccc21. The third-order valence-corrected chi connectivity index (χ3v) is 4.91. The Bertz CT molecular complexity index is 1020. The molecule has 0 spiro atoms. The number of nitrogens with zero attached hydrogens (tertiary/aromatic N) is 1. The van der Waals surface area contributed by atoms with E-state index in [4.69, 9.17) is 6.42 Å². The van der Waals surface area contributed by atoms with E-state index in [-0.39, 0.29) is 24.0 Å². The van der Waals surface area contributed by atoms with E-state index in [1.807, 2.05) is 37.3 Å². The maximum atomic E-state index is 13.8. The molecule has 0 radical (unpaired) electrons. The standard InChI is InChI=1S/C24H21NO3/c1-4-16-25-22-9-7-6-8-21(22)24(23(25)28,18(5-2)11-10-17(3)26)19-12-14-20(27)15-13-19/h1,5-15,26-27H,3,16H2,2H3/b11-10-,18-5+. The number of allylic oxidation sites excluding steroid dienone is 3. The zero-order valence-electron chi connectivity index (χ0n) is 15.6. The molecule has 28 heavy (non-hydrogen) atoms. The van der Waals surface area contributed by atoms with E-state index in [9.17, 15) is 15.0 Å². The van der Waals surface area contributed by atoms with Crippen molar-refractivity contribution < 1.29 is 15.0 Å². The number of amides is 1. The summed E-state index contributed by atoms with van der Waals surface area (Å²) in [6.07, 6.45) is 10.5. The molecule has 1 atom stereocenters. The molecular weight excluding hydrogens is 350 g/mol. The maximum Gasteiger partial charge on any atom is 0.247 e. The number of aliphatic hydroxyl groups excluding tert-OH is 1. The summed E-state index contributed by atoms with van der Waals surface area (Å²) < 4.78 is 0. The van der Waals surface area contributed by atoms with Crippen molar-refractivity contribution >= 4 is 11.6 Å². The number of carbonyl (C=O) groups is 1. The molecule has 4 heteroatoms. The molecule has 0 saturated heterocycles. The van der Waals surface area contributed by atoms with Crippen molar-refractivity contribution in [2.45, 2.75) is 12.3 Å². The molecular formula is C24H21NO3. The van der Waals surface area contributed by atoms with Gasteiger partial charge >= 0.3 is 0 Å². The topological polar surface area (TPSA) is 60.8 Å². The molecule has 1 heterocycles. The van der Waals surface area contributed by atoms with Gasteiger partial charge < -0.3 is 10.2 Å². The van der Waals surface area contributed by atoms with Gasteiger partial charge in [0.15, 0.2) is 0 Å². The summed E-state index contributed by atoms with van der Waals surface area (Å²) in [5, 5.41) is 19.3. The lowest BCUT2D eigenvalue weighted by Gasteiger charge is -2.31. The molecule has 4 nitrogen and oxygen atoms in total. The van der Waals surface area contributed by atoms with E-state index in [0.717, 1.165) is 11.3 Å². The number of carbonyl (C=O) groups excluding carboxylic acids is 1. The number of hydrogen-bond acceptors (Lipinski definition) is 3. The Morgan fingerprint density at radius 3 is 2.50 bits per heavy atom. The fourth-order valence-corrected chi connectivity index (χ4v) is 3.76. The van der Waals surface area contributed by atoms with Gasteiger partial charge in [-0.25, -0.2) is 0 Å². The van der Waals surface area contributed by atoms with Gasteiger partial charge in [0.2, 0.25) is 5.91 Å². The number of hydrogen-bond donors (Lipinski definition) is 2. The average Bonchev–Trinajstić information content (AvgIpc) is 2.93. The number of aromatic hydroxyl groups is 1. The lowest BCUT2D eigenvalue weighted by molar-refractivity contribution is -0.120. The molecule has 3 rings (SSSR count). The molecule has 140 valence electrons. The number of aliphatic hydroxyl groups is 1. The summed E-state index contributed by atoms with van der Waals surface area (Å²) in [5.74, 6) is 2.38. The first-order chi connectivity index (χ1) is 13.5. The summed E-state index contributed by atoms with van der Waals surface area (Å²) in [6.45, 7) is 5.47. The minimum absolute atomic E-state index is 0.111. The van der Waals surface area contributed by atoms with Gasteiger partial charge in [0.1, 0.15) is 16.9 Å². The number of anilines is 1. The molecule has 1 aliphatic heterocycles. The molecule has 2 aromatic rings. The largest absolute Gasteiger partial charge is 0.509 e. The highest BCUT2D eigenvalue weighted by molar-refractivity contribution is 6.13.